The minimum absolute atomic E-state index is 0.146. The van der Waals surface area contributed by atoms with Gasteiger partial charge in [0.15, 0.2) is 5.43 Å². The molecule has 1 aromatic carbocycles. The molecule has 0 bridgehead atoms. The quantitative estimate of drug-likeness (QED) is 0.891. The van der Waals surface area contributed by atoms with Crippen LogP contribution in [0.2, 0.25) is 0 Å². The van der Waals surface area contributed by atoms with Gasteiger partial charge in [-0.05, 0) is 43.7 Å². The molecule has 0 aliphatic carbocycles. The molecule has 0 saturated heterocycles. The lowest BCUT2D eigenvalue weighted by Gasteiger charge is -2.19. The summed E-state index contributed by atoms with van der Waals surface area (Å²) < 4.78 is 2.19. The minimum atomic E-state index is 0.146. The average molecular weight is 344 g/mol. The fourth-order valence-electron chi connectivity index (χ4n) is 2.79. The second-order valence-corrected chi connectivity index (χ2v) is 8.53. The monoisotopic (exact) mass is 343 g/mol. The van der Waals surface area contributed by atoms with Crippen LogP contribution in [0.1, 0.15) is 53.0 Å². The Kier molecular flexibility index (Phi) is 5.87. The molecule has 0 radical (unpaired) electrons. The molecule has 0 aliphatic rings. The van der Waals surface area contributed by atoms with Gasteiger partial charge in [0, 0.05) is 26.7 Å². The van der Waals surface area contributed by atoms with E-state index in [0.29, 0.717) is 0 Å². The van der Waals surface area contributed by atoms with E-state index in [1.165, 1.54) is 5.56 Å². The summed E-state index contributed by atoms with van der Waals surface area (Å²) in [5.74, 6) is 0. The van der Waals surface area contributed by atoms with Crippen LogP contribution in [0.15, 0.2) is 16.9 Å². The summed E-state index contributed by atoms with van der Waals surface area (Å²) in [6.45, 7) is 13.7. The van der Waals surface area contributed by atoms with Crippen LogP contribution in [-0.4, -0.2) is 6.54 Å². The third-order valence-electron chi connectivity index (χ3n) is 4.17. The van der Waals surface area contributed by atoms with Gasteiger partial charge in [0.2, 0.25) is 0 Å². The zero-order chi connectivity index (χ0) is 17.9. The fraction of sp³-hybridized carbons (Fsp3) is 0.476. The number of anilines is 1. The van der Waals surface area contributed by atoms with E-state index in [-0.39, 0.29) is 10.8 Å². The molecule has 0 atom stereocenters. The first-order chi connectivity index (χ1) is 11.3. The molecule has 0 unspecified atom stereocenters. The molecule has 2 rings (SSSR count). The van der Waals surface area contributed by atoms with Crippen molar-refractivity contribution in [1.29, 1.82) is 0 Å². The Morgan fingerprint density at radius 1 is 1.25 bits per heavy atom. The van der Waals surface area contributed by atoms with E-state index < -0.39 is 0 Å². The van der Waals surface area contributed by atoms with Gasteiger partial charge < -0.3 is 5.32 Å². The highest BCUT2D eigenvalue weighted by atomic mass is 32.1. The van der Waals surface area contributed by atoms with Crippen molar-refractivity contribution in [2.75, 3.05) is 11.9 Å². The minimum Gasteiger partial charge on any atom is -0.384 e. The zero-order valence-electron chi connectivity index (χ0n) is 15.7. The molecule has 3 heteroatoms. The van der Waals surface area contributed by atoms with Gasteiger partial charge in [0.1, 0.15) is 0 Å². The lowest BCUT2D eigenvalue weighted by Crippen LogP contribution is -2.37. The maximum absolute atomic E-state index is 13.1. The Labute approximate surface area is 148 Å². The second-order valence-electron chi connectivity index (χ2n) is 7.48. The normalized spacial score (nSPS) is 13.8. The van der Waals surface area contributed by atoms with E-state index in [9.17, 15) is 4.79 Å². The van der Waals surface area contributed by atoms with E-state index in [4.69, 9.17) is 0 Å². The van der Waals surface area contributed by atoms with E-state index >= 15 is 0 Å². The van der Waals surface area contributed by atoms with Crippen LogP contribution in [-0.2, 0) is 0 Å². The van der Waals surface area contributed by atoms with Crippen molar-refractivity contribution in [2.45, 2.75) is 54.4 Å². The number of rotatable bonds is 4. The van der Waals surface area contributed by atoms with Crippen molar-refractivity contribution in [3.05, 3.63) is 37.7 Å². The molecule has 0 aliphatic heterocycles. The number of hydrogen-bond acceptors (Lipinski definition) is 3. The zero-order valence-corrected chi connectivity index (χ0v) is 16.6. The SMILES string of the molecule is C/C=c1/c(=O)c2c(NCCC(C)(C)C)ccc(C)c2s/c1=C/CC. The molecule has 0 fully saturated rings. The summed E-state index contributed by atoms with van der Waals surface area (Å²) in [6, 6.07) is 4.17. The first-order valence-electron chi connectivity index (χ1n) is 8.75. The maximum Gasteiger partial charge on any atom is 0.197 e. The van der Waals surface area contributed by atoms with Crippen LogP contribution >= 0.6 is 11.3 Å². The standard InChI is InChI=1S/C21H29NOS/c1-7-9-17-15(8-2)19(23)18-16(22-13-12-21(4,5)6)11-10-14(3)20(18)24-17/h8-11,22H,7,12-13H2,1-6H3/b15-8+,17-9+. The molecule has 0 amide bonds. The van der Waals surface area contributed by atoms with Gasteiger partial charge in [-0.1, -0.05) is 45.9 Å². The predicted molar refractivity (Wildman–Crippen MR) is 110 cm³/mol. The summed E-state index contributed by atoms with van der Waals surface area (Å²) in [5.41, 5.74) is 2.56. The predicted octanol–water partition coefficient (Wildman–Crippen LogP) is 4.41. The first-order valence-corrected chi connectivity index (χ1v) is 9.57. The Morgan fingerprint density at radius 3 is 2.54 bits per heavy atom. The number of fused-ring (bicyclic) bond motifs is 1. The summed E-state index contributed by atoms with van der Waals surface area (Å²) in [7, 11) is 0. The Bertz CT molecular complexity index is 901. The summed E-state index contributed by atoms with van der Waals surface area (Å²) in [4.78, 5) is 13.1. The van der Waals surface area contributed by atoms with Crippen molar-refractivity contribution in [2.24, 2.45) is 5.41 Å². The van der Waals surface area contributed by atoms with Crippen LogP contribution < -0.4 is 20.5 Å². The highest BCUT2D eigenvalue weighted by Gasteiger charge is 2.12. The molecule has 0 saturated carbocycles. The van der Waals surface area contributed by atoms with Gasteiger partial charge in [-0.3, -0.25) is 4.79 Å². The number of nitrogens with one attached hydrogen (secondary N) is 1. The smallest absolute Gasteiger partial charge is 0.197 e. The van der Waals surface area contributed by atoms with E-state index in [2.05, 4.69) is 58.1 Å². The third kappa shape index (κ3) is 4.07. The maximum atomic E-state index is 13.1. The molecule has 130 valence electrons. The van der Waals surface area contributed by atoms with Crippen molar-refractivity contribution in [3.63, 3.8) is 0 Å². The van der Waals surface area contributed by atoms with Gasteiger partial charge >= 0.3 is 0 Å². The van der Waals surface area contributed by atoms with Crippen LogP contribution in [0.4, 0.5) is 5.69 Å². The Balaban J connectivity index is 2.66. The average Bonchev–Trinajstić information content (AvgIpc) is 2.49. The Hall–Kier alpha value is -1.61. The molecule has 2 nitrogen and oxygen atoms in total. The van der Waals surface area contributed by atoms with Gasteiger partial charge in [-0.25, -0.2) is 0 Å². The number of benzene rings is 1. The second kappa shape index (κ2) is 7.52. The van der Waals surface area contributed by atoms with Gasteiger partial charge in [-0.15, -0.1) is 11.3 Å². The van der Waals surface area contributed by atoms with E-state index in [1.807, 2.05) is 13.0 Å². The van der Waals surface area contributed by atoms with Crippen LogP contribution in [0.5, 0.6) is 0 Å². The van der Waals surface area contributed by atoms with Crippen LogP contribution in [0, 0.1) is 12.3 Å². The van der Waals surface area contributed by atoms with Crippen molar-refractivity contribution < 1.29 is 0 Å². The molecule has 1 N–H and O–H groups in total. The molecular weight excluding hydrogens is 314 g/mol. The molecule has 2 aromatic rings. The molecular formula is C21H29NOS. The van der Waals surface area contributed by atoms with E-state index in [1.54, 1.807) is 11.3 Å². The largest absolute Gasteiger partial charge is 0.384 e. The van der Waals surface area contributed by atoms with Crippen LogP contribution in [0.3, 0.4) is 0 Å². The first kappa shape index (κ1) is 18.7. The van der Waals surface area contributed by atoms with Crippen LogP contribution in [0.25, 0.3) is 22.2 Å². The molecule has 24 heavy (non-hydrogen) atoms. The van der Waals surface area contributed by atoms with Crippen molar-refractivity contribution in [3.8, 4) is 0 Å². The topological polar surface area (TPSA) is 29.1 Å². The highest BCUT2D eigenvalue weighted by Crippen LogP contribution is 2.25. The fourth-order valence-corrected chi connectivity index (χ4v) is 4.11. The van der Waals surface area contributed by atoms with Gasteiger partial charge in [-0.2, -0.15) is 0 Å². The highest BCUT2D eigenvalue weighted by molar-refractivity contribution is 7.16. The van der Waals surface area contributed by atoms with Gasteiger partial charge in [0.05, 0.1) is 5.39 Å². The number of hydrogen-bond donors (Lipinski definition) is 1. The summed E-state index contributed by atoms with van der Waals surface area (Å²) in [6.07, 6.45) is 6.10. The van der Waals surface area contributed by atoms with Crippen molar-refractivity contribution >= 4 is 39.3 Å². The molecule has 1 heterocycles. The Morgan fingerprint density at radius 2 is 1.96 bits per heavy atom. The van der Waals surface area contributed by atoms with Crippen molar-refractivity contribution in [1.82, 2.24) is 0 Å². The van der Waals surface area contributed by atoms with E-state index in [0.717, 1.165) is 44.9 Å². The molecule has 0 spiro atoms. The summed E-state index contributed by atoms with van der Waals surface area (Å²) >= 11 is 1.73. The lowest BCUT2D eigenvalue weighted by molar-refractivity contribution is 0.390. The third-order valence-corrected chi connectivity index (χ3v) is 5.51. The lowest BCUT2D eigenvalue weighted by atomic mass is 9.92. The summed E-state index contributed by atoms with van der Waals surface area (Å²) in [5, 5.41) is 5.17. The molecule has 1 aromatic heterocycles. The van der Waals surface area contributed by atoms with Gasteiger partial charge in [0.25, 0.3) is 0 Å². The number of aryl methyl sites for hydroxylation is 1.